The molecule has 3 N–H and O–H groups in total. The van der Waals surface area contributed by atoms with Gasteiger partial charge in [-0.2, -0.15) is 0 Å². The van der Waals surface area contributed by atoms with Crippen molar-refractivity contribution in [3.05, 3.63) is 29.8 Å². The van der Waals surface area contributed by atoms with Crippen LogP contribution in [0.25, 0.3) is 0 Å². The lowest BCUT2D eigenvalue weighted by molar-refractivity contribution is -0.166. The molecule has 0 saturated heterocycles. The van der Waals surface area contributed by atoms with Crippen molar-refractivity contribution >= 4 is 24.0 Å². The molecule has 1 saturated carbocycles. The lowest BCUT2D eigenvalue weighted by Gasteiger charge is -2.57. The first-order chi connectivity index (χ1) is 9.85. The number of nitrogens with one attached hydrogen (secondary N) is 1. The summed E-state index contributed by atoms with van der Waals surface area (Å²) in [6.07, 6.45) is 1.54. The van der Waals surface area contributed by atoms with Gasteiger partial charge in [0.05, 0.1) is 6.10 Å². The van der Waals surface area contributed by atoms with E-state index in [1.165, 1.54) is 5.56 Å². The average Bonchev–Trinajstić information content (AvgIpc) is 2.46. The van der Waals surface area contributed by atoms with Crippen molar-refractivity contribution in [3.8, 4) is 0 Å². The van der Waals surface area contributed by atoms with Crippen LogP contribution in [0.4, 0.5) is 5.69 Å². The maximum absolute atomic E-state index is 12.6. The molecule has 0 aliphatic heterocycles. The fourth-order valence-corrected chi connectivity index (χ4v) is 2.93. The van der Waals surface area contributed by atoms with Crippen molar-refractivity contribution in [1.82, 2.24) is 0 Å². The van der Waals surface area contributed by atoms with Gasteiger partial charge in [0.1, 0.15) is 5.54 Å². The van der Waals surface area contributed by atoms with Crippen LogP contribution in [0.15, 0.2) is 24.3 Å². The van der Waals surface area contributed by atoms with Crippen LogP contribution in [-0.2, 0) is 16.0 Å². The number of anilines is 1. The molecule has 0 aromatic heterocycles. The fraction of sp³-hybridized carbons (Fsp3) is 0.588. The molecule has 1 aromatic carbocycles. The van der Waals surface area contributed by atoms with Crippen LogP contribution in [0.5, 0.6) is 0 Å². The summed E-state index contributed by atoms with van der Waals surface area (Å²) in [5.74, 6) is -0.128. The Bertz CT molecular complexity index is 533. The number of carbonyl (C=O) groups excluding carboxylic acids is 1. The first-order valence-electron chi connectivity index (χ1n) is 7.66. The highest BCUT2D eigenvalue weighted by Gasteiger charge is 2.62. The van der Waals surface area contributed by atoms with E-state index in [4.69, 9.17) is 10.5 Å². The van der Waals surface area contributed by atoms with Gasteiger partial charge in [0.2, 0.25) is 5.91 Å². The summed E-state index contributed by atoms with van der Waals surface area (Å²) in [5, 5.41) is 2.96. The van der Waals surface area contributed by atoms with Crippen LogP contribution in [0.1, 0.15) is 39.7 Å². The molecule has 0 spiro atoms. The molecule has 0 bridgehead atoms. The maximum atomic E-state index is 12.6. The van der Waals surface area contributed by atoms with E-state index in [0.29, 0.717) is 13.0 Å². The van der Waals surface area contributed by atoms with E-state index in [1.807, 2.05) is 45.0 Å². The van der Waals surface area contributed by atoms with Gasteiger partial charge >= 0.3 is 0 Å². The number of rotatable bonds is 5. The minimum Gasteiger partial charge on any atom is -0.378 e. The van der Waals surface area contributed by atoms with Crippen LogP contribution in [0, 0.1) is 5.41 Å². The summed E-state index contributed by atoms with van der Waals surface area (Å²) in [6.45, 7) is 8.69. The molecule has 1 aromatic rings. The van der Waals surface area contributed by atoms with Gasteiger partial charge in [-0.05, 0) is 31.0 Å². The van der Waals surface area contributed by atoms with E-state index in [2.05, 4.69) is 12.2 Å². The Labute approximate surface area is 139 Å². The minimum atomic E-state index is -0.880. The van der Waals surface area contributed by atoms with E-state index < -0.39 is 5.54 Å². The van der Waals surface area contributed by atoms with Crippen molar-refractivity contribution in [3.63, 3.8) is 0 Å². The molecule has 1 aliphatic rings. The zero-order valence-electron chi connectivity index (χ0n) is 13.8. The van der Waals surface area contributed by atoms with Gasteiger partial charge in [-0.1, -0.05) is 32.9 Å². The number of hydrogen-bond donors (Lipinski definition) is 2. The predicted molar refractivity (Wildman–Crippen MR) is 92.4 cm³/mol. The molecule has 1 fully saturated rings. The summed E-state index contributed by atoms with van der Waals surface area (Å²) < 4.78 is 5.67. The normalized spacial score (nSPS) is 25.8. The molecule has 5 heteroatoms. The number of nitrogens with two attached hydrogens (primary N) is 1. The Kier molecular flexibility index (Phi) is 6.02. The first kappa shape index (κ1) is 18.9. The summed E-state index contributed by atoms with van der Waals surface area (Å²) >= 11 is 0. The second-order valence-electron chi connectivity index (χ2n) is 6.35. The molecule has 4 nitrogen and oxygen atoms in total. The molecule has 0 heterocycles. The topological polar surface area (TPSA) is 64.3 Å². The molecule has 124 valence electrons. The maximum Gasteiger partial charge on any atom is 0.245 e. The van der Waals surface area contributed by atoms with E-state index >= 15 is 0 Å². The second kappa shape index (κ2) is 6.99. The molecule has 1 aliphatic carbocycles. The predicted octanol–water partition coefficient (Wildman–Crippen LogP) is 3.14. The monoisotopic (exact) mass is 326 g/mol. The zero-order chi connectivity index (χ0) is 15.7. The molecule has 0 radical (unpaired) electrons. The summed E-state index contributed by atoms with van der Waals surface area (Å²) in [4.78, 5) is 12.6. The average molecular weight is 327 g/mol. The van der Waals surface area contributed by atoms with Crippen LogP contribution in [0.3, 0.4) is 0 Å². The summed E-state index contributed by atoms with van der Waals surface area (Å²) in [6, 6.07) is 7.89. The zero-order valence-corrected chi connectivity index (χ0v) is 14.6. The van der Waals surface area contributed by atoms with Gasteiger partial charge in [0.15, 0.2) is 0 Å². The molecule has 2 atom stereocenters. The van der Waals surface area contributed by atoms with Crippen molar-refractivity contribution in [2.75, 3.05) is 11.9 Å². The van der Waals surface area contributed by atoms with Gasteiger partial charge in [-0.25, -0.2) is 0 Å². The highest BCUT2D eigenvalue weighted by Crippen LogP contribution is 2.50. The van der Waals surface area contributed by atoms with Crippen molar-refractivity contribution in [2.45, 2.75) is 52.2 Å². The highest BCUT2D eigenvalue weighted by molar-refractivity contribution is 5.99. The molecule has 2 unspecified atom stereocenters. The summed E-state index contributed by atoms with van der Waals surface area (Å²) in [7, 11) is 0. The smallest absolute Gasteiger partial charge is 0.245 e. The van der Waals surface area contributed by atoms with E-state index in [0.717, 1.165) is 12.1 Å². The SMILES string of the molecule is CCOC1CC(N)(C(=O)Nc2cccc(CC)c2)C1(C)C.Cl. The quantitative estimate of drug-likeness (QED) is 0.873. The van der Waals surface area contributed by atoms with Crippen LogP contribution < -0.4 is 11.1 Å². The Morgan fingerprint density at radius 2 is 2.09 bits per heavy atom. The van der Waals surface area contributed by atoms with E-state index in [9.17, 15) is 4.79 Å². The standard InChI is InChI=1S/C17H26N2O2.ClH/c1-5-12-8-7-9-13(10-12)19-15(20)17(18)11-14(21-6-2)16(17,3)4;/h7-10,14H,5-6,11,18H2,1-4H3,(H,19,20);1H. The number of carbonyl (C=O) groups is 1. The van der Waals surface area contributed by atoms with Crippen molar-refractivity contribution in [1.29, 1.82) is 0 Å². The molecule has 1 amide bonds. The number of halogens is 1. The third-order valence-electron chi connectivity index (χ3n) is 4.83. The number of aryl methyl sites for hydroxylation is 1. The minimum absolute atomic E-state index is 0. The number of ether oxygens (including phenoxy) is 1. The highest BCUT2D eigenvalue weighted by atomic mass is 35.5. The van der Waals surface area contributed by atoms with Crippen LogP contribution in [0.2, 0.25) is 0 Å². The Morgan fingerprint density at radius 3 is 2.64 bits per heavy atom. The first-order valence-corrected chi connectivity index (χ1v) is 7.66. The largest absolute Gasteiger partial charge is 0.378 e. The Hall–Kier alpha value is -1.10. The molecule has 22 heavy (non-hydrogen) atoms. The van der Waals surface area contributed by atoms with Crippen molar-refractivity contribution < 1.29 is 9.53 Å². The number of hydrogen-bond acceptors (Lipinski definition) is 3. The lowest BCUT2D eigenvalue weighted by atomic mass is 9.54. The molecular formula is C17H27ClN2O2. The second-order valence-corrected chi connectivity index (χ2v) is 6.35. The third-order valence-corrected chi connectivity index (χ3v) is 4.83. The Morgan fingerprint density at radius 1 is 1.41 bits per heavy atom. The van der Waals surface area contributed by atoms with Crippen LogP contribution >= 0.6 is 12.4 Å². The van der Waals surface area contributed by atoms with E-state index in [-0.39, 0.29) is 29.8 Å². The van der Waals surface area contributed by atoms with Gasteiger partial charge < -0.3 is 15.8 Å². The lowest BCUT2D eigenvalue weighted by Crippen LogP contribution is -2.74. The number of amides is 1. The van der Waals surface area contributed by atoms with Gasteiger partial charge in [0.25, 0.3) is 0 Å². The summed E-state index contributed by atoms with van der Waals surface area (Å²) in [5.41, 5.74) is 7.12. The van der Waals surface area contributed by atoms with Crippen molar-refractivity contribution in [2.24, 2.45) is 11.1 Å². The molecule has 2 rings (SSSR count). The number of benzene rings is 1. The van der Waals surface area contributed by atoms with Gasteiger partial charge in [-0.3, -0.25) is 4.79 Å². The third kappa shape index (κ3) is 3.14. The molecular weight excluding hydrogens is 300 g/mol. The van der Waals surface area contributed by atoms with Gasteiger partial charge in [-0.15, -0.1) is 12.4 Å². The van der Waals surface area contributed by atoms with E-state index in [1.54, 1.807) is 0 Å². The fourth-order valence-electron chi connectivity index (χ4n) is 2.93. The van der Waals surface area contributed by atoms with Gasteiger partial charge in [0, 0.05) is 24.1 Å². The van der Waals surface area contributed by atoms with Crippen LogP contribution in [-0.4, -0.2) is 24.2 Å². The Balaban J connectivity index is 0.00000242.